The zero-order valence-electron chi connectivity index (χ0n) is 16.7. The Morgan fingerprint density at radius 2 is 2.00 bits per heavy atom. The lowest BCUT2D eigenvalue weighted by Gasteiger charge is -2.20. The van der Waals surface area contributed by atoms with E-state index in [2.05, 4.69) is 5.32 Å². The molecule has 10 heteroatoms. The molecule has 30 heavy (non-hydrogen) atoms. The van der Waals surface area contributed by atoms with Gasteiger partial charge in [-0.2, -0.15) is 0 Å². The lowest BCUT2D eigenvalue weighted by atomic mass is 10.1. The molecule has 0 atom stereocenters. The van der Waals surface area contributed by atoms with Crippen LogP contribution in [0.4, 0.5) is 17.1 Å². The molecule has 0 unspecified atom stereocenters. The van der Waals surface area contributed by atoms with E-state index in [0.717, 1.165) is 5.69 Å². The minimum Gasteiger partial charge on any atom is -0.383 e. The van der Waals surface area contributed by atoms with Gasteiger partial charge in [0.15, 0.2) is 0 Å². The normalized spacial score (nSPS) is 15.3. The fourth-order valence-corrected chi connectivity index (χ4v) is 5.18. The van der Waals surface area contributed by atoms with Crippen molar-refractivity contribution >= 4 is 56.2 Å². The first kappa shape index (κ1) is 22.7. The average Bonchev–Trinajstić information content (AvgIpc) is 3.05. The number of hydrogen-bond acceptors (Lipinski definition) is 5. The third kappa shape index (κ3) is 5.18. The minimum atomic E-state index is -3.36. The van der Waals surface area contributed by atoms with Crippen molar-refractivity contribution in [1.29, 1.82) is 0 Å². The quantitative estimate of drug-likeness (QED) is 0.662. The molecule has 0 spiro atoms. The number of ether oxygens (including phenoxy) is 1. The number of carbonyl (C=O) groups is 1. The number of amides is 1. The first-order valence-electron chi connectivity index (χ1n) is 9.33. The topological polar surface area (TPSA) is 79.0 Å². The summed E-state index contributed by atoms with van der Waals surface area (Å²) in [5.41, 5.74) is 1.93. The molecule has 1 aliphatic rings. The van der Waals surface area contributed by atoms with E-state index in [1.54, 1.807) is 31.4 Å². The lowest BCUT2D eigenvalue weighted by Crippen LogP contribution is -2.25. The highest BCUT2D eigenvalue weighted by Gasteiger charge is 2.29. The molecule has 162 valence electrons. The Labute approximate surface area is 186 Å². The van der Waals surface area contributed by atoms with Crippen molar-refractivity contribution in [3.63, 3.8) is 0 Å². The third-order valence-electron chi connectivity index (χ3n) is 4.79. The van der Waals surface area contributed by atoms with Crippen LogP contribution in [0.1, 0.15) is 16.8 Å². The minimum absolute atomic E-state index is 0.0963. The van der Waals surface area contributed by atoms with Crippen LogP contribution in [0.3, 0.4) is 0 Å². The van der Waals surface area contributed by atoms with Crippen molar-refractivity contribution < 1.29 is 17.9 Å². The second-order valence-electron chi connectivity index (χ2n) is 6.97. The number of likely N-dealkylation sites (N-methyl/N-ethyl adjacent to an activating group) is 1. The highest BCUT2D eigenvalue weighted by molar-refractivity contribution is 7.93. The molecule has 1 N–H and O–H groups in total. The number of carbonyl (C=O) groups excluding carboxylic acids is 1. The number of nitrogens with zero attached hydrogens (tertiary/aromatic N) is 2. The zero-order chi connectivity index (χ0) is 21.9. The highest BCUT2D eigenvalue weighted by Crippen LogP contribution is 2.30. The van der Waals surface area contributed by atoms with Gasteiger partial charge in [0.25, 0.3) is 5.91 Å². The molecular formula is C20H23Cl2N3O4S. The average molecular weight is 472 g/mol. The first-order valence-corrected chi connectivity index (χ1v) is 11.7. The van der Waals surface area contributed by atoms with E-state index in [1.807, 2.05) is 11.9 Å². The van der Waals surface area contributed by atoms with Gasteiger partial charge in [-0.1, -0.05) is 23.2 Å². The van der Waals surface area contributed by atoms with Gasteiger partial charge in [0, 0.05) is 43.6 Å². The Morgan fingerprint density at radius 3 is 2.67 bits per heavy atom. The van der Waals surface area contributed by atoms with Gasteiger partial charge in [0.1, 0.15) is 0 Å². The Balaban J connectivity index is 1.84. The largest absolute Gasteiger partial charge is 0.383 e. The van der Waals surface area contributed by atoms with Crippen LogP contribution in [-0.2, 0) is 14.8 Å². The molecule has 0 saturated carbocycles. The number of nitrogens with one attached hydrogen (secondary N) is 1. The molecule has 1 fully saturated rings. The Bertz CT molecular complexity index is 1050. The van der Waals surface area contributed by atoms with Gasteiger partial charge in [0.05, 0.1) is 28.6 Å². The zero-order valence-corrected chi connectivity index (χ0v) is 19.0. The number of methoxy groups -OCH3 is 1. The monoisotopic (exact) mass is 471 g/mol. The summed E-state index contributed by atoms with van der Waals surface area (Å²) in [6.07, 6.45) is 0.550. The van der Waals surface area contributed by atoms with E-state index < -0.39 is 15.9 Å². The Hall–Kier alpha value is -2.00. The molecule has 1 aliphatic heterocycles. The van der Waals surface area contributed by atoms with Crippen molar-refractivity contribution in [3.8, 4) is 0 Å². The summed E-state index contributed by atoms with van der Waals surface area (Å²) in [5, 5.41) is 3.49. The summed E-state index contributed by atoms with van der Waals surface area (Å²) >= 11 is 12.5. The number of sulfonamides is 1. The van der Waals surface area contributed by atoms with Crippen LogP contribution >= 0.6 is 23.2 Å². The van der Waals surface area contributed by atoms with Gasteiger partial charge in [-0.3, -0.25) is 9.10 Å². The standard InChI is InChI=1S/C20H23Cl2N3O4S/c1-24(7-8-29-2)17-11-14(21)10-15(12-17)23-20(26)18-13-16(4-5-19(18)22)25-6-3-9-30(25,27)28/h4-5,10-13H,3,6-9H2,1-2H3,(H,23,26). The molecule has 2 aromatic rings. The molecule has 1 heterocycles. The van der Waals surface area contributed by atoms with E-state index in [4.69, 9.17) is 27.9 Å². The molecule has 2 aromatic carbocycles. The molecule has 0 radical (unpaired) electrons. The lowest BCUT2D eigenvalue weighted by molar-refractivity contribution is 0.102. The van der Waals surface area contributed by atoms with Crippen LogP contribution in [0.25, 0.3) is 0 Å². The summed E-state index contributed by atoms with van der Waals surface area (Å²) in [4.78, 5) is 14.8. The van der Waals surface area contributed by atoms with E-state index in [0.29, 0.717) is 42.5 Å². The Kier molecular flexibility index (Phi) is 7.13. The Morgan fingerprint density at radius 1 is 1.23 bits per heavy atom. The van der Waals surface area contributed by atoms with Gasteiger partial charge >= 0.3 is 0 Å². The number of halogens is 2. The van der Waals surface area contributed by atoms with Crippen molar-refractivity contribution in [2.45, 2.75) is 6.42 Å². The summed E-state index contributed by atoms with van der Waals surface area (Å²) in [5.74, 6) is -0.356. The first-order chi connectivity index (χ1) is 14.2. The van der Waals surface area contributed by atoms with Crippen LogP contribution in [0, 0.1) is 0 Å². The summed E-state index contributed by atoms with van der Waals surface area (Å²) < 4.78 is 30.8. The maximum atomic E-state index is 12.9. The van der Waals surface area contributed by atoms with E-state index >= 15 is 0 Å². The van der Waals surface area contributed by atoms with Crippen molar-refractivity contribution in [1.82, 2.24) is 0 Å². The smallest absolute Gasteiger partial charge is 0.257 e. The number of benzene rings is 2. The fourth-order valence-electron chi connectivity index (χ4n) is 3.19. The van der Waals surface area contributed by atoms with Crippen LogP contribution in [-0.4, -0.2) is 53.9 Å². The summed E-state index contributed by atoms with van der Waals surface area (Å²) in [6.45, 7) is 1.59. The summed E-state index contributed by atoms with van der Waals surface area (Å²) in [6, 6.07) is 9.85. The van der Waals surface area contributed by atoms with Crippen LogP contribution in [0.15, 0.2) is 36.4 Å². The van der Waals surface area contributed by atoms with Crippen LogP contribution in [0.2, 0.25) is 10.0 Å². The van der Waals surface area contributed by atoms with Crippen molar-refractivity contribution in [2.75, 3.05) is 54.1 Å². The molecule has 1 amide bonds. The molecule has 0 aliphatic carbocycles. The molecule has 0 bridgehead atoms. The molecule has 1 saturated heterocycles. The van der Waals surface area contributed by atoms with Crippen LogP contribution in [0.5, 0.6) is 0 Å². The van der Waals surface area contributed by atoms with Gasteiger partial charge < -0.3 is 15.0 Å². The molecule has 3 rings (SSSR count). The number of rotatable bonds is 7. The molecular weight excluding hydrogens is 449 g/mol. The third-order valence-corrected chi connectivity index (χ3v) is 7.21. The van der Waals surface area contributed by atoms with Crippen LogP contribution < -0.4 is 14.5 Å². The van der Waals surface area contributed by atoms with Gasteiger partial charge in [-0.05, 0) is 42.8 Å². The van der Waals surface area contributed by atoms with Crippen molar-refractivity contribution in [2.24, 2.45) is 0 Å². The second-order valence-corrected chi connectivity index (χ2v) is 9.83. The van der Waals surface area contributed by atoms with E-state index in [1.165, 1.54) is 16.4 Å². The highest BCUT2D eigenvalue weighted by atomic mass is 35.5. The fraction of sp³-hybridized carbons (Fsp3) is 0.350. The molecule has 0 aromatic heterocycles. The second kappa shape index (κ2) is 9.43. The predicted molar refractivity (Wildman–Crippen MR) is 122 cm³/mol. The van der Waals surface area contributed by atoms with E-state index in [9.17, 15) is 13.2 Å². The van der Waals surface area contributed by atoms with E-state index in [-0.39, 0.29) is 16.3 Å². The molecule has 7 nitrogen and oxygen atoms in total. The number of anilines is 3. The maximum absolute atomic E-state index is 12.9. The van der Waals surface area contributed by atoms with Gasteiger partial charge in [-0.15, -0.1) is 0 Å². The maximum Gasteiger partial charge on any atom is 0.257 e. The van der Waals surface area contributed by atoms with Gasteiger partial charge in [0.2, 0.25) is 10.0 Å². The number of hydrogen-bond donors (Lipinski definition) is 1. The predicted octanol–water partition coefficient (Wildman–Crippen LogP) is 3.87. The van der Waals surface area contributed by atoms with Crippen molar-refractivity contribution in [3.05, 3.63) is 52.0 Å². The summed E-state index contributed by atoms with van der Waals surface area (Å²) in [7, 11) is 0.166. The van der Waals surface area contributed by atoms with Gasteiger partial charge in [-0.25, -0.2) is 8.42 Å². The SMILES string of the molecule is COCCN(C)c1cc(Cl)cc(NC(=O)c2cc(N3CCCS3(=O)=O)ccc2Cl)c1.